The standard InChI is InChI=1S/C13H21FN2O2S2/c1-4-15-8-11-7-12(5-6-13(11)14)20(17,18)16-10(2)9-19-3/h5-7,10,15-16H,4,8-9H2,1-3H3. The maximum absolute atomic E-state index is 13.6. The topological polar surface area (TPSA) is 58.2 Å². The predicted octanol–water partition coefficient (Wildman–Crippen LogP) is 1.96. The van der Waals surface area contributed by atoms with E-state index < -0.39 is 15.8 Å². The molecule has 0 aliphatic heterocycles. The van der Waals surface area contributed by atoms with Gasteiger partial charge in [-0.3, -0.25) is 0 Å². The summed E-state index contributed by atoms with van der Waals surface area (Å²) in [6.07, 6.45) is 1.91. The lowest BCUT2D eigenvalue weighted by Gasteiger charge is -2.14. The molecule has 0 fully saturated rings. The van der Waals surface area contributed by atoms with Crippen molar-refractivity contribution in [2.45, 2.75) is 31.3 Å². The van der Waals surface area contributed by atoms with Crippen molar-refractivity contribution in [3.8, 4) is 0 Å². The molecule has 0 spiro atoms. The van der Waals surface area contributed by atoms with Crippen molar-refractivity contribution < 1.29 is 12.8 Å². The van der Waals surface area contributed by atoms with Gasteiger partial charge >= 0.3 is 0 Å². The van der Waals surface area contributed by atoms with Crippen molar-refractivity contribution in [3.63, 3.8) is 0 Å². The van der Waals surface area contributed by atoms with Crippen LogP contribution in [0.2, 0.25) is 0 Å². The minimum absolute atomic E-state index is 0.0970. The quantitative estimate of drug-likeness (QED) is 0.769. The number of rotatable bonds is 8. The minimum atomic E-state index is -3.60. The molecule has 20 heavy (non-hydrogen) atoms. The van der Waals surface area contributed by atoms with E-state index in [1.165, 1.54) is 18.2 Å². The van der Waals surface area contributed by atoms with Gasteiger partial charge in [-0.05, 0) is 37.9 Å². The zero-order valence-electron chi connectivity index (χ0n) is 11.9. The van der Waals surface area contributed by atoms with E-state index in [2.05, 4.69) is 10.0 Å². The van der Waals surface area contributed by atoms with Crippen LogP contribution in [0.25, 0.3) is 0 Å². The molecule has 0 heterocycles. The van der Waals surface area contributed by atoms with E-state index >= 15 is 0 Å². The average Bonchev–Trinajstić information content (AvgIpc) is 2.37. The molecule has 0 aliphatic carbocycles. The first-order chi connectivity index (χ1) is 9.40. The third kappa shape index (κ3) is 5.05. The molecule has 1 atom stereocenters. The van der Waals surface area contributed by atoms with Crippen molar-refractivity contribution >= 4 is 21.8 Å². The molecule has 0 saturated carbocycles. The number of halogens is 1. The molecular weight excluding hydrogens is 299 g/mol. The van der Waals surface area contributed by atoms with Gasteiger partial charge in [0.1, 0.15) is 5.82 Å². The second-order valence-electron chi connectivity index (χ2n) is 4.51. The Bertz CT molecular complexity index is 535. The molecule has 2 N–H and O–H groups in total. The van der Waals surface area contributed by atoms with E-state index in [4.69, 9.17) is 0 Å². The van der Waals surface area contributed by atoms with Crippen LogP contribution in [0.15, 0.2) is 23.1 Å². The second kappa shape index (κ2) is 7.97. The lowest BCUT2D eigenvalue weighted by Crippen LogP contribution is -2.34. The fourth-order valence-corrected chi connectivity index (χ4v) is 3.71. The van der Waals surface area contributed by atoms with Gasteiger partial charge in [-0.1, -0.05) is 6.92 Å². The van der Waals surface area contributed by atoms with Gasteiger partial charge in [-0.25, -0.2) is 17.5 Å². The smallest absolute Gasteiger partial charge is 0.240 e. The van der Waals surface area contributed by atoms with E-state index in [1.54, 1.807) is 18.7 Å². The summed E-state index contributed by atoms with van der Waals surface area (Å²) in [5, 5.41) is 2.99. The monoisotopic (exact) mass is 320 g/mol. The van der Waals surface area contributed by atoms with Gasteiger partial charge in [-0.2, -0.15) is 11.8 Å². The molecule has 1 rings (SSSR count). The zero-order valence-corrected chi connectivity index (χ0v) is 13.6. The molecule has 0 aliphatic rings. The molecule has 0 radical (unpaired) electrons. The Kier molecular flexibility index (Phi) is 6.94. The van der Waals surface area contributed by atoms with Gasteiger partial charge in [0.25, 0.3) is 0 Å². The molecule has 1 unspecified atom stereocenters. The number of thioether (sulfide) groups is 1. The molecule has 0 bridgehead atoms. The maximum atomic E-state index is 13.6. The summed E-state index contributed by atoms with van der Waals surface area (Å²) in [6, 6.07) is 3.70. The highest BCUT2D eigenvalue weighted by Crippen LogP contribution is 2.16. The van der Waals surface area contributed by atoms with E-state index in [9.17, 15) is 12.8 Å². The van der Waals surface area contributed by atoms with Crippen LogP contribution < -0.4 is 10.0 Å². The SMILES string of the molecule is CCNCc1cc(S(=O)(=O)NC(C)CSC)ccc1F. The van der Waals surface area contributed by atoms with E-state index in [0.29, 0.717) is 24.4 Å². The Morgan fingerprint density at radius 1 is 1.40 bits per heavy atom. The van der Waals surface area contributed by atoms with Crippen molar-refractivity contribution in [2.24, 2.45) is 0 Å². The second-order valence-corrected chi connectivity index (χ2v) is 7.14. The fraction of sp³-hybridized carbons (Fsp3) is 0.538. The van der Waals surface area contributed by atoms with Gasteiger partial charge in [0.05, 0.1) is 4.90 Å². The van der Waals surface area contributed by atoms with Gasteiger partial charge < -0.3 is 5.32 Å². The highest BCUT2D eigenvalue weighted by atomic mass is 32.2. The van der Waals surface area contributed by atoms with E-state index in [0.717, 1.165) is 0 Å². The van der Waals surface area contributed by atoms with Gasteiger partial charge in [0.15, 0.2) is 0 Å². The first kappa shape index (κ1) is 17.4. The molecule has 1 aromatic carbocycles. The van der Waals surface area contributed by atoms with Crippen LogP contribution in [-0.4, -0.2) is 33.0 Å². The fourth-order valence-electron chi connectivity index (χ4n) is 1.73. The summed E-state index contributed by atoms with van der Waals surface area (Å²) in [5.41, 5.74) is 0.354. The Labute approximate surface area is 124 Å². The lowest BCUT2D eigenvalue weighted by molar-refractivity contribution is 0.568. The summed E-state index contributed by atoms with van der Waals surface area (Å²) in [7, 11) is -3.60. The Hall–Kier alpha value is -0.630. The molecule has 1 aromatic rings. The van der Waals surface area contributed by atoms with Crippen molar-refractivity contribution in [1.29, 1.82) is 0 Å². The summed E-state index contributed by atoms with van der Waals surface area (Å²) in [4.78, 5) is 0.0970. The van der Waals surface area contributed by atoms with Crippen molar-refractivity contribution in [2.75, 3.05) is 18.6 Å². The third-order valence-corrected chi connectivity index (χ3v) is 5.09. The normalized spacial score (nSPS) is 13.4. The van der Waals surface area contributed by atoms with Crippen LogP contribution in [0.5, 0.6) is 0 Å². The number of nitrogens with one attached hydrogen (secondary N) is 2. The number of benzene rings is 1. The lowest BCUT2D eigenvalue weighted by atomic mass is 10.2. The highest BCUT2D eigenvalue weighted by Gasteiger charge is 2.18. The first-order valence-electron chi connectivity index (χ1n) is 6.41. The van der Waals surface area contributed by atoms with Crippen LogP contribution in [0, 0.1) is 5.82 Å². The predicted molar refractivity (Wildman–Crippen MR) is 81.9 cm³/mol. The Balaban J connectivity index is 2.94. The van der Waals surface area contributed by atoms with Crippen molar-refractivity contribution in [1.82, 2.24) is 10.0 Å². The van der Waals surface area contributed by atoms with Crippen LogP contribution in [-0.2, 0) is 16.6 Å². The average molecular weight is 320 g/mol. The third-order valence-electron chi connectivity index (χ3n) is 2.67. The van der Waals surface area contributed by atoms with Crippen LogP contribution in [0.4, 0.5) is 4.39 Å². The number of hydrogen-bond acceptors (Lipinski definition) is 4. The van der Waals surface area contributed by atoms with E-state index in [-0.39, 0.29) is 10.9 Å². The zero-order chi connectivity index (χ0) is 15.2. The summed E-state index contributed by atoms with van der Waals surface area (Å²) < 4.78 is 40.6. The van der Waals surface area contributed by atoms with Crippen molar-refractivity contribution in [3.05, 3.63) is 29.6 Å². The maximum Gasteiger partial charge on any atom is 0.240 e. The van der Waals surface area contributed by atoms with Crippen LogP contribution >= 0.6 is 11.8 Å². The Morgan fingerprint density at radius 3 is 2.70 bits per heavy atom. The summed E-state index contributed by atoms with van der Waals surface area (Å²) in [5.74, 6) is 0.284. The van der Waals surface area contributed by atoms with Crippen LogP contribution in [0.1, 0.15) is 19.4 Å². The Morgan fingerprint density at radius 2 is 2.10 bits per heavy atom. The molecule has 0 saturated heterocycles. The molecule has 0 amide bonds. The molecular formula is C13H21FN2O2S2. The molecule has 114 valence electrons. The summed E-state index contributed by atoms with van der Waals surface area (Å²) >= 11 is 1.57. The molecule has 7 heteroatoms. The van der Waals surface area contributed by atoms with Gasteiger partial charge in [0.2, 0.25) is 10.0 Å². The van der Waals surface area contributed by atoms with Gasteiger partial charge in [-0.15, -0.1) is 0 Å². The van der Waals surface area contributed by atoms with Gasteiger partial charge in [0, 0.05) is 23.9 Å². The summed E-state index contributed by atoms with van der Waals surface area (Å²) in [6.45, 7) is 4.72. The number of sulfonamides is 1. The van der Waals surface area contributed by atoms with E-state index in [1.807, 2.05) is 13.2 Å². The first-order valence-corrected chi connectivity index (χ1v) is 9.28. The van der Waals surface area contributed by atoms with Crippen LogP contribution in [0.3, 0.4) is 0 Å². The molecule has 0 aromatic heterocycles. The minimum Gasteiger partial charge on any atom is -0.313 e. The molecule has 4 nitrogen and oxygen atoms in total. The highest BCUT2D eigenvalue weighted by molar-refractivity contribution is 7.98. The largest absolute Gasteiger partial charge is 0.313 e. The number of hydrogen-bond donors (Lipinski definition) is 2.